The Morgan fingerprint density at radius 3 is 2.45 bits per heavy atom. The van der Waals surface area contributed by atoms with Crippen molar-refractivity contribution in [3.05, 3.63) is 82.3 Å². The van der Waals surface area contributed by atoms with Gasteiger partial charge in [-0.05, 0) is 59.5 Å². The summed E-state index contributed by atoms with van der Waals surface area (Å²) in [6.45, 7) is 6.45. The topological polar surface area (TPSA) is 55.1 Å². The van der Waals surface area contributed by atoms with Gasteiger partial charge in [-0.2, -0.15) is 0 Å². The Balaban J connectivity index is 1.56. The van der Waals surface area contributed by atoms with Crippen LogP contribution in [0.3, 0.4) is 0 Å². The maximum Gasteiger partial charge on any atom is 0.255 e. The molecule has 1 aromatic heterocycles. The molecule has 0 aliphatic heterocycles. The Morgan fingerprint density at radius 2 is 1.76 bits per heavy atom. The molecule has 0 unspecified atom stereocenters. The summed E-state index contributed by atoms with van der Waals surface area (Å²) in [4.78, 5) is 17.2. The van der Waals surface area contributed by atoms with Crippen LogP contribution in [0.15, 0.2) is 75.6 Å². The number of carbonyl (C=O) groups is 1. The number of nitrogens with zero attached hydrogens (tertiary/aromatic N) is 1. The lowest BCUT2D eigenvalue weighted by Gasteiger charge is -2.19. The zero-order valence-electron chi connectivity index (χ0n) is 16.5. The van der Waals surface area contributed by atoms with E-state index in [1.54, 1.807) is 0 Å². The number of rotatable bonds is 3. The van der Waals surface area contributed by atoms with Gasteiger partial charge in [0, 0.05) is 21.3 Å². The fourth-order valence-corrected chi connectivity index (χ4v) is 3.47. The van der Waals surface area contributed by atoms with E-state index in [4.69, 9.17) is 4.42 Å². The predicted molar refractivity (Wildman–Crippen MR) is 120 cm³/mol. The summed E-state index contributed by atoms with van der Waals surface area (Å²) in [5.74, 6) is 0.392. The second-order valence-corrected chi connectivity index (χ2v) is 8.91. The Bertz CT molecular complexity index is 1190. The van der Waals surface area contributed by atoms with Crippen molar-refractivity contribution in [2.24, 2.45) is 0 Å². The Kier molecular flexibility index (Phi) is 5.01. The van der Waals surface area contributed by atoms with Crippen LogP contribution in [0, 0.1) is 0 Å². The molecule has 1 N–H and O–H groups in total. The molecule has 0 bridgehead atoms. The van der Waals surface area contributed by atoms with E-state index in [2.05, 4.69) is 47.0 Å². The van der Waals surface area contributed by atoms with Gasteiger partial charge in [0.1, 0.15) is 5.52 Å². The van der Waals surface area contributed by atoms with E-state index in [0.717, 1.165) is 10.0 Å². The quantitative estimate of drug-likeness (QED) is 0.374. The van der Waals surface area contributed by atoms with Crippen molar-refractivity contribution in [1.82, 2.24) is 4.98 Å². The highest BCUT2D eigenvalue weighted by Crippen LogP contribution is 2.28. The molecule has 0 spiro atoms. The highest BCUT2D eigenvalue weighted by atomic mass is 79.9. The van der Waals surface area contributed by atoms with Crippen LogP contribution in [0.2, 0.25) is 0 Å². The van der Waals surface area contributed by atoms with Gasteiger partial charge in [0.25, 0.3) is 5.91 Å². The van der Waals surface area contributed by atoms with Crippen molar-refractivity contribution in [3.8, 4) is 11.5 Å². The maximum atomic E-state index is 12.6. The number of benzene rings is 3. The highest BCUT2D eigenvalue weighted by Gasteiger charge is 2.15. The first-order valence-electron chi connectivity index (χ1n) is 9.38. The molecule has 0 aliphatic carbocycles. The first-order chi connectivity index (χ1) is 13.8. The van der Waals surface area contributed by atoms with Crippen molar-refractivity contribution in [2.45, 2.75) is 26.2 Å². The summed E-state index contributed by atoms with van der Waals surface area (Å²) in [6.07, 6.45) is 0. The number of anilines is 1. The number of amides is 1. The second-order valence-electron chi connectivity index (χ2n) is 7.99. The molecule has 0 saturated carbocycles. The fraction of sp³-hybridized carbons (Fsp3) is 0.167. The molecular weight excluding hydrogens is 428 g/mol. The third kappa shape index (κ3) is 4.25. The van der Waals surface area contributed by atoms with E-state index in [-0.39, 0.29) is 11.3 Å². The van der Waals surface area contributed by atoms with Crippen molar-refractivity contribution in [1.29, 1.82) is 0 Å². The number of carbonyl (C=O) groups excluding carboxylic acids is 1. The molecule has 4 aromatic rings. The molecule has 4 rings (SSSR count). The molecule has 146 valence electrons. The lowest BCUT2D eigenvalue weighted by atomic mass is 9.87. The largest absolute Gasteiger partial charge is 0.436 e. The zero-order valence-corrected chi connectivity index (χ0v) is 18.1. The van der Waals surface area contributed by atoms with Crippen LogP contribution in [-0.2, 0) is 5.41 Å². The lowest BCUT2D eigenvalue weighted by Crippen LogP contribution is -2.14. The van der Waals surface area contributed by atoms with Crippen LogP contribution in [0.1, 0.15) is 36.7 Å². The van der Waals surface area contributed by atoms with Gasteiger partial charge >= 0.3 is 0 Å². The summed E-state index contributed by atoms with van der Waals surface area (Å²) in [5.41, 5.74) is 4.80. The molecule has 1 amide bonds. The number of nitrogens with one attached hydrogen (secondary N) is 1. The number of fused-ring (bicyclic) bond motifs is 1. The molecule has 5 heteroatoms. The Labute approximate surface area is 178 Å². The maximum absolute atomic E-state index is 12.6. The average molecular weight is 449 g/mol. The molecule has 0 atom stereocenters. The van der Waals surface area contributed by atoms with E-state index < -0.39 is 0 Å². The van der Waals surface area contributed by atoms with Gasteiger partial charge in [0.2, 0.25) is 5.89 Å². The van der Waals surface area contributed by atoms with Crippen molar-refractivity contribution in [3.63, 3.8) is 0 Å². The average Bonchev–Trinajstić information content (AvgIpc) is 3.11. The summed E-state index contributed by atoms with van der Waals surface area (Å²) >= 11 is 3.46. The Morgan fingerprint density at radius 1 is 1.00 bits per heavy atom. The number of hydrogen-bond donors (Lipinski definition) is 1. The number of hydrogen-bond acceptors (Lipinski definition) is 3. The summed E-state index contributed by atoms with van der Waals surface area (Å²) in [6, 6.07) is 21.0. The molecule has 3 aromatic carbocycles. The zero-order chi connectivity index (χ0) is 20.6. The van der Waals surface area contributed by atoms with Gasteiger partial charge in [-0.25, -0.2) is 4.98 Å². The van der Waals surface area contributed by atoms with Crippen LogP contribution >= 0.6 is 15.9 Å². The first kappa shape index (κ1) is 19.4. The van der Waals surface area contributed by atoms with Gasteiger partial charge in [-0.1, -0.05) is 54.9 Å². The van der Waals surface area contributed by atoms with Crippen LogP contribution in [-0.4, -0.2) is 10.9 Å². The first-order valence-corrected chi connectivity index (χ1v) is 10.2. The van der Waals surface area contributed by atoms with E-state index >= 15 is 0 Å². The smallest absolute Gasteiger partial charge is 0.255 e. The van der Waals surface area contributed by atoms with Gasteiger partial charge in [-0.15, -0.1) is 0 Å². The summed E-state index contributed by atoms with van der Waals surface area (Å²) < 4.78 is 6.81. The molecule has 1 heterocycles. The molecule has 0 aliphatic rings. The fourth-order valence-electron chi connectivity index (χ4n) is 3.08. The summed E-state index contributed by atoms with van der Waals surface area (Å²) in [5, 5.41) is 2.94. The van der Waals surface area contributed by atoms with Crippen molar-refractivity contribution < 1.29 is 9.21 Å². The minimum Gasteiger partial charge on any atom is -0.436 e. The SMILES string of the molecule is CC(C)(C)c1ccc(C(=O)Nc2ccc3oc(-c4cccc(Br)c4)nc3c2)cc1. The van der Waals surface area contributed by atoms with Crippen LogP contribution in [0.4, 0.5) is 5.69 Å². The van der Waals surface area contributed by atoms with E-state index in [9.17, 15) is 4.79 Å². The minimum absolute atomic E-state index is 0.0546. The van der Waals surface area contributed by atoms with E-state index in [0.29, 0.717) is 28.2 Å². The van der Waals surface area contributed by atoms with Crippen molar-refractivity contribution >= 4 is 38.6 Å². The van der Waals surface area contributed by atoms with Gasteiger partial charge in [0.05, 0.1) is 0 Å². The van der Waals surface area contributed by atoms with E-state index in [1.165, 1.54) is 5.56 Å². The second kappa shape index (κ2) is 7.48. The molecule has 0 fully saturated rings. The lowest BCUT2D eigenvalue weighted by molar-refractivity contribution is 0.102. The van der Waals surface area contributed by atoms with Crippen LogP contribution in [0.5, 0.6) is 0 Å². The van der Waals surface area contributed by atoms with Crippen molar-refractivity contribution in [2.75, 3.05) is 5.32 Å². The van der Waals surface area contributed by atoms with E-state index in [1.807, 2.05) is 66.7 Å². The minimum atomic E-state index is -0.152. The molecular formula is C24H21BrN2O2. The number of aromatic nitrogens is 1. The summed E-state index contributed by atoms with van der Waals surface area (Å²) in [7, 11) is 0. The number of halogens is 1. The highest BCUT2D eigenvalue weighted by molar-refractivity contribution is 9.10. The number of oxazole rings is 1. The van der Waals surface area contributed by atoms with Gasteiger partial charge in [0.15, 0.2) is 5.58 Å². The van der Waals surface area contributed by atoms with Gasteiger partial charge < -0.3 is 9.73 Å². The molecule has 0 radical (unpaired) electrons. The standard InChI is InChI=1S/C24H21BrN2O2/c1-24(2,3)17-9-7-15(8-10-17)22(28)26-19-11-12-21-20(14-19)27-23(29-21)16-5-4-6-18(25)13-16/h4-14H,1-3H3,(H,26,28). The monoisotopic (exact) mass is 448 g/mol. The Hall–Kier alpha value is -2.92. The molecule has 0 saturated heterocycles. The predicted octanol–water partition coefficient (Wildman–Crippen LogP) is 6.81. The van der Waals surface area contributed by atoms with Crippen LogP contribution in [0.25, 0.3) is 22.6 Å². The normalized spacial score (nSPS) is 11.6. The molecule has 4 nitrogen and oxygen atoms in total. The molecule has 29 heavy (non-hydrogen) atoms. The third-order valence-corrected chi connectivity index (χ3v) is 5.22. The van der Waals surface area contributed by atoms with Crippen LogP contribution < -0.4 is 5.32 Å². The van der Waals surface area contributed by atoms with Gasteiger partial charge in [-0.3, -0.25) is 4.79 Å². The third-order valence-electron chi connectivity index (χ3n) is 4.73.